The number of ether oxygens (including phenoxy) is 6. The minimum Gasteiger partial charge on any atom is -0.421 e. The molecule has 6 heteroatoms. The van der Waals surface area contributed by atoms with Gasteiger partial charge in [0.05, 0.1) is 12.8 Å². The molecular formula is C59H72O6. The summed E-state index contributed by atoms with van der Waals surface area (Å²) in [6.45, 7) is 4.93. The van der Waals surface area contributed by atoms with Crippen LogP contribution in [0.15, 0.2) is 182 Å². The van der Waals surface area contributed by atoms with Gasteiger partial charge < -0.3 is 28.4 Å². The Morgan fingerprint density at radius 3 is 0.600 bits per heavy atom. The lowest BCUT2D eigenvalue weighted by Gasteiger charge is -2.34. The molecule has 0 saturated heterocycles. The minimum atomic E-state index is -1.29. The third-order valence-corrected chi connectivity index (χ3v) is 11.8. The molecule has 0 N–H and O–H groups in total. The zero-order chi connectivity index (χ0) is 45.1. The van der Waals surface area contributed by atoms with Gasteiger partial charge >= 0.3 is 11.9 Å². The van der Waals surface area contributed by atoms with E-state index in [0.29, 0.717) is 52.8 Å². The van der Waals surface area contributed by atoms with Gasteiger partial charge in [0, 0.05) is 0 Å². The predicted octanol–water partition coefficient (Wildman–Crippen LogP) is 16.8. The highest BCUT2D eigenvalue weighted by Gasteiger charge is 2.39. The molecule has 6 aromatic rings. The lowest BCUT2D eigenvalue weighted by atomic mass is 9.82. The molecule has 0 amide bonds. The quantitative estimate of drug-likeness (QED) is 0.0311. The minimum absolute atomic E-state index is 0.388. The monoisotopic (exact) mass is 877 g/mol. The van der Waals surface area contributed by atoms with E-state index in [9.17, 15) is 0 Å². The molecule has 0 aliphatic carbocycles. The number of hydrogen-bond donors (Lipinski definition) is 0. The number of benzene rings is 6. The maximum Gasteiger partial charge on any atom is 0.417 e. The second-order valence-electron chi connectivity index (χ2n) is 18.0. The van der Waals surface area contributed by atoms with E-state index in [4.69, 9.17) is 28.4 Å². The van der Waals surface area contributed by atoms with E-state index in [2.05, 4.69) is 13.8 Å². The molecule has 0 radical (unpaired) electrons. The van der Waals surface area contributed by atoms with Crippen LogP contribution in [-0.2, 0) is 0 Å². The second kappa shape index (κ2) is 26.8. The Hall–Kier alpha value is -5.88. The SMILES string of the molecule is CC(C)(CCCCCCCCCC(Oc1ccccc1)(Oc1ccccc1)Oc1ccccc1)CCCCCCCCCC(Oc1ccccc1)(Oc1ccccc1)Oc1ccccc1. The molecule has 0 aliphatic heterocycles. The van der Waals surface area contributed by atoms with E-state index in [0.717, 1.165) is 25.7 Å². The Kier molecular flexibility index (Phi) is 20.0. The predicted molar refractivity (Wildman–Crippen MR) is 265 cm³/mol. The van der Waals surface area contributed by atoms with E-state index >= 15 is 0 Å². The van der Waals surface area contributed by atoms with Crippen molar-refractivity contribution in [3.63, 3.8) is 0 Å². The summed E-state index contributed by atoms with van der Waals surface area (Å²) in [6.07, 6.45) is 20.4. The summed E-state index contributed by atoms with van der Waals surface area (Å²) < 4.78 is 39.4. The molecule has 0 aliphatic rings. The van der Waals surface area contributed by atoms with Crippen molar-refractivity contribution in [1.29, 1.82) is 0 Å². The second-order valence-corrected chi connectivity index (χ2v) is 18.0. The number of hydrogen-bond acceptors (Lipinski definition) is 6. The van der Waals surface area contributed by atoms with Gasteiger partial charge in [0.1, 0.15) is 34.5 Å². The highest BCUT2D eigenvalue weighted by Crippen LogP contribution is 2.34. The van der Waals surface area contributed by atoms with Crippen LogP contribution in [0.2, 0.25) is 0 Å². The zero-order valence-corrected chi connectivity index (χ0v) is 39.0. The summed E-state index contributed by atoms with van der Waals surface area (Å²) in [7, 11) is 0. The van der Waals surface area contributed by atoms with Gasteiger partial charge in [-0.2, -0.15) is 0 Å². The highest BCUT2D eigenvalue weighted by atomic mass is 16.9. The molecule has 0 bridgehead atoms. The van der Waals surface area contributed by atoms with Crippen molar-refractivity contribution in [1.82, 2.24) is 0 Å². The van der Waals surface area contributed by atoms with Crippen molar-refractivity contribution in [3.05, 3.63) is 182 Å². The highest BCUT2D eigenvalue weighted by molar-refractivity contribution is 5.28. The fraction of sp³-hybridized carbons (Fsp3) is 0.390. The maximum absolute atomic E-state index is 6.56. The molecular weight excluding hydrogens is 805 g/mol. The summed E-state index contributed by atoms with van der Waals surface area (Å²) >= 11 is 0. The van der Waals surface area contributed by atoms with Crippen LogP contribution in [0.5, 0.6) is 34.5 Å². The largest absolute Gasteiger partial charge is 0.421 e. The van der Waals surface area contributed by atoms with Crippen LogP contribution in [0, 0.1) is 5.41 Å². The Bertz CT molecular complexity index is 1740. The van der Waals surface area contributed by atoms with E-state index in [1.165, 1.54) is 77.0 Å². The molecule has 65 heavy (non-hydrogen) atoms. The van der Waals surface area contributed by atoms with Crippen molar-refractivity contribution in [2.24, 2.45) is 5.41 Å². The van der Waals surface area contributed by atoms with Crippen molar-refractivity contribution < 1.29 is 28.4 Å². The van der Waals surface area contributed by atoms with Crippen LogP contribution in [0.1, 0.15) is 129 Å². The van der Waals surface area contributed by atoms with Crippen LogP contribution in [0.25, 0.3) is 0 Å². The van der Waals surface area contributed by atoms with Crippen molar-refractivity contribution in [2.75, 3.05) is 0 Å². The van der Waals surface area contributed by atoms with E-state index in [1.54, 1.807) is 0 Å². The molecule has 0 atom stereocenters. The van der Waals surface area contributed by atoms with E-state index in [1.807, 2.05) is 182 Å². The van der Waals surface area contributed by atoms with Crippen LogP contribution in [0.3, 0.4) is 0 Å². The fourth-order valence-electron chi connectivity index (χ4n) is 8.22. The first-order valence-electron chi connectivity index (χ1n) is 24.3. The molecule has 0 saturated carbocycles. The average Bonchev–Trinajstić information content (AvgIpc) is 3.32. The average molecular weight is 877 g/mol. The Morgan fingerprint density at radius 2 is 0.400 bits per heavy atom. The summed E-state index contributed by atoms with van der Waals surface area (Å²) in [6, 6.07) is 58.9. The van der Waals surface area contributed by atoms with E-state index < -0.39 is 11.9 Å². The molecule has 0 aromatic heterocycles. The van der Waals surface area contributed by atoms with Crippen molar-refractivity contribution >= 4 is 0 Å². The van der Waals surface area contributed by atoms with Gasteiger partial charge in [0.25, 0.3) is 0 Å². The zero-order valence-electron chi connectivity index (χ0n) is 39.0. The van der Waals surface area contributed by atoms with E-state index in [-0.39, 0.29) is 0 Å². The van der Waals surface area contributed by atoms with Crippen LogP contribution < -0.4 is 28.4 Å². The van der Waals surface area contributed by atoms with Crippen LogP contribution in [0.4, 0.5) is 0 Å². The molecule has 344 valence electrons. The molecule has 6 aromatic carbocycles. The molecule has 0 spiro atoms. The summed E-state index contributed by atoms with van der Waals surface area (Å²) in [5.74, 6) is 1.68. The third-order valence-electron chi connectivity index (χ3n) is 11.8. The first-order valence-corrected chi connectivity index (χ1v) is 24.3. The van der Waals surface area contributed by atoms with Gasteiger partial charge in [-0.1, -0.05) is 200 Å². The summed E-state index contributed by atoms with van der Waals surface area (Å²) in [4.78, 5) is 0. The smallest absolute Gasteiger partial charge is 0.417 e. The first kappa shape index (κ1) is 48.6. The van der Waals surface area contributed by atoms with Gasteiger partial charge in [0.15, 0.2) is 0 Å². The Labute approximate surface area is 390 Å². The standard InChI is InChI=1S/C59H72O6/c1-57(2,47-31-9-5-3-7-11-33-49-58(60-51-35-19-13-20-36-51,61-52-37-21-14-22-38-52)62-53-39-23-15-24-40-53)48-32-10-6-4-8-12-34-50-59(63-54-41-25-16-26-42-54,64-55-43-27-17-28-44-55)65-56-45-29-18-30-46-56/h13-30,35-46H,3-12,31-34,47-50H2,1-2H3. The molecule has 6 nitrogen and oxygen atoms in total. The summed E-state index contributed by atoms with van der Waals surface area (Å²) in [5, 5.41) is 0. The van der Waals surface area contributed by atoms with Crippen molar-refractivity contribution in [3.8, 4) is 34.5 Å². The molecule has 6 rings (SSSR count). The van der Waals surface area contributed by atoms with Crippen molar-refractivity contribution in [2.45, 2.75) is 141 Å². The van der Waals surface area contributed by atoms with Gasteiger partial charge in [0.2, 0.25) is 0 Å². The van der Waals surface area contributed by atoms with Crippen LogP contribution in [-0.4, -0.2) is 11.9 Å². The first-order chi connectivity index (χ1) is 31.9. The van der Waals surface area contributed by atoms with Gasteiger partial charge in [-0.25, -0.2) is 0 Å². The molecule has 0 unspecified atom stereocenters. The fourth-order valence-corrected chi connectivity index (χ4v) is 8.22. The van der Waals surface area contributed by atoms with Gasteiger partial charge in [-0.3, -0.25) is 0 Å². The third kappa shape index (κ3) is 18.3. The topological polar surface area (TPSA) is 55.4 Å². The summed E-state index contributed by atoms with van der Waals surface area (Å²) in [5.41, 5.74) is 0.388. The van der Waals surface area contributed by atoms with Gasteiger partial charge in [-0.15, -0.1) is 0 Å². The number of rotatable bonds is 32. The Balaban J connectivity index is 0.855. The van der Waals surface area contributed by atoms with Crippen LogP contribution >= 0.6 is 0 Å². The maximum atomic E-state index is 6.56. The molecule has 0 fully saturated rings. The normalized spacial score (nSPS) is 11.7. The molecule has 0 heterocycles. The number of para-hydroxylation sites is 6. The number of unbranched alkanes of at least 4 members (excludes halogenated alkanes) is 12. The Morgan fingerprint density at radius 1 is 0.231 bits per heavy atom. The lowest BCUT2D eigenvalue weighted by Crippen LogP contribution is -2.48. The lowest BCUT2D eigenvalue weighted by molar-refractivity contribution is -0.257. The van der Waals surface area contributed by atoms with Gasteiger partial charge in [-0.05, 0) is 104 Å².